The number of nitrogens with zero attached hydrogens (tertiary/aromatic N) is 1. The molecule has 0 saturated carbocycles. The minimum Gasteiger partial charge on any atom is -0.468 e. The smallest absolute Gasteiger partial charge is 0.322 e. The van der Waals surface area contributed by atoms with E-state index in [1.165, 1.54) is 29.1 Å². The zero-order valence-electron chi connectivity index (χ0n) is 13.2. The maximum absolute atomic E-state index is 11.6. The van der Waals surface area contributed by atoms with Crippen molar-refractivity contribution in [1.82, 2.24) is 9.88 Å². The van der Waals surface area contributed by atoms with Gasteiger partial charge in [0, 0.05) is 43.2 Å². The first-order chi connectivity index (χ1) is 10.6. The fourth-order valence-electron chi connectivity index (χ4n) is 3.22. The summed E-state index contributed by atoms with van der Waals surface area (Å²) in [6.45, 7) is 4.98. The minimum atomic E-state index is -0.614. The molecule has 0 aliphatic carbocycles. The van der Waals surface area contributed by atoms with Crippen molar-refractivity contribution in [2.24, 2.45) is 5.73 Å². The number of benzene rings is 1. The molecule has 1 unspecified atom stereocenters. The number of aromatic nitrogens is 1. The van der Waals surface area contributed by atoms with E-state index in [1.807, 2.05) is 0 Å². The van der Waals surface area contributed by atoms with Crippen molar-refractivity contribution in [2.45, 2.75) is 45.4 Å². The topological polar surface area (TPSA) is 69.3 Å². The molecule has 22 heavy (non-hydrogen) atoms. The molecule has 0 amide bonds. The summed E-state index contributed by atoms with van der Waals surface area (Å²) in [5.41, 5.74) is 11.0. The second kappa shape index (κ2) is 6.10. The predicted octanol–water partition coefficient (Wildman–Crippen LogP) is 1.70. The van der Waals surface area contributed by atoms with E-state index in [9.17, 15) is 4.79 Å². The molecular formula is C17H23N3O2. The maximum Gasteiger partial charge on any atom is 0.322 e. The number of nitrogens with two attached hydrogens (primary N) is 1. The molecule has 5 nitrogen and oxygen atoms in total. The molecule has 1 aliphatic rings. The highest BCUT2D eigenvalue weighted by Crippen LogP contribution is 2.28. The Balaban J connectivity index is 2.03. The van der Waals surface area contributed by atoms with Gasteiger partial charge >= 0.3 is 5.97 Å². The predicted molar refractivity (Wildman–Crippen MR) is 86.5 cm³/mol. The summed E-state index contributed by atoms with van der Waals surface area (Å²) in [7, 11) is 1.38. The molecule has 3 N–H and O–H groups in total. The fourth-order valence-corrected chi connectivity index (χ4v) is 3.22. The fraction of sp³-hybridized carbons (Fsp3) is 0.471. The van der Waals surface area contributed by atoms with Crippen LogP contribution in [0.1, 0.15) is 30.0 Å². The summed E-state index contributed by atoms with van der Waals surface area (Å²) in [4.78, 5) is 11.6. The second-order valence-corrected chi connectivity index (χ2v) is 5.92. The lowest BCUT2D eigenvalue weighted by molar-refractivity contribution is -0.142. The highest BCUT2D eigenvalue weighted by atomic mass is 16.5. The molecule has 118 valence electrons. The third-order valence-corrected chi connectivity index (χ3v) is 4.32. The molecule has 5 heteroatoms. The van der Waals surface area contributed by atoms with Gasteiger partial charge in [-0.15, -0.1) is 0 Å². The van der Waals surface area contributed by atoms with Gasteiger partial charge in [0.15, 0.2) is 0 Å². The number of nitrogens with one attached hydrogen (secondary N) is 1. The summed E-state index contributed by atoms with van der Waals surface area (Å²) in [5.74, 6) is -0.362. The van der Waals surface area contributed by atoms with Crippen molar-refractivity contribution >= 4 is 16.9 Å². The standard InChI is InChI=1S/C17H23N3O2/c1-3-4-20-10-13(6-15(18)17(21)22-2)14-5-11-8-19-9-12(11)7-16(14)20/h5,7,10,15,19H,3-4,6,8-9,18H2,1-2H3. The van der Waals surface area contributed by atoms with Crippen LogP contribution < -0.4 is 11.1 Å². The first-order valence-electron chi connectivity index (χ1n) is 7.81. The van der Waals surface area contributed by atoms with E-state index in [0.29, 0.717) is 6.42 Å². The van der Waals surface area contributed by atoms with Gasteiger partial charge in [-0.3, -0.25) is 4.79 Å². The number of aryl methyl sites for hydroxylation is 1. The normalized spacial score (nSPS) is 15.0. The third kappa shape index (κ3) is 2.62. The second-order valence-electron chi connectivity index (χ2n) is 5.92. The molecule has 0 saturated heterocycles. The molecule has 3 rings (SSSR count). The van der Waals surface area contributed by atoms with Gasteiger partial charge in [0.1, 0.15) is 6.04 Å². The van der Waals surface area contributed by atoms with Crippen LogP contribution in [0.5, 0.6) is 0 Å². The zero-order valence-corrected chi connectivity index (χ0v) is 13.2. The van der Waals surface area contributed by atoms with Crippen molar-refractivity contribution in [2.75, 3.05) is 7.11 Å². The van der Waals surface area contributed by atoms with Crippen LogP contribution in [0, 0.1) is 0 Å². The monoisotopic (exact) mass is 301 g/mol. The molecule has 0 fully saturated rings. The first kappa shape index (κ1) is 15.1. The van der Waals surface area contributed by atoms with Gasteiger partial charge in [-0.25, -0.2) is 0 Å². The van der Waals surface area contributed by atoms with E-state index in [4.69, 9.17) is 10.5 Å². The highest BCUT2D eigenvalue weighted by molar-refractivity contribution is 5.87. The van der Waals surface area contributed by atoms with Crippen LogP contribution in [0.3, 0.4) is 0 Å². The molecule has 0 radical (unpaired) electrons. The van der Waals surface area contributed by atoms with Crippen LogP contribution in [0.4, 0.5) is 0 Å². The third-order valence-electron chi connectivity index (χ3n) is 4.32. The molecule has 0 spiro atoms. The Bertz CT molecular complexity index is 705. The van der Waals surface area contributed by atoms with Crippen LogP contribution in [0.15, 0.2) is 18.3 Å². The van der Waals surface area contributed by atoms with Crippen LogP contribution in [0.25, 0.3) is 10.9 Å². The van der Waals surface area contributed by atoms with Crippen LogP contribution in [-0.4, -0.2) is 23.7 Å². The Labute approximate surface area is 130 Å². The number of methoxy groups -OCH3 is 1. The lowest BCUT2D eigenvalue weighted by atomic mass is 10.0. The van der Waals surface area contributed by atoms with Crippen molar-refractivity contribution in [3.05, 3.63) is 35.0 Å². The van der Waals surface area contributed by atoms with Gasteiger partial charge in [-0.05, 0) is 35.2 Å². The first-order valence-corrected chi connectivity index (χ1v) is 7.81. The van der Waals surface area contributed by atoms with E-state index in [0.717, 1.165) is 31.6 Å². The molecule has 2 heterocycles. The van der Waals surface area contributed by atoms with E-state index in [1.54, 1.807) is 0 Å². The quantitative estimate of drug-likeness (QED) is 0.825. The Hall–Kier alpha value is -1.85. The van der Waals surface area contributed by atoms with Crippen LogP contribution in [-0.2, 0) is 35.6 Å². The number of fused-ring (bicyclic) bond motifs is 2. The maximum atomic E-state index is 11.6. The number of esters is 1. The summed E-state index contributed by atoms with van der Waals surface area (Å²) in [6, 6.07) is 3.90. The van der Waals surface area contributed by atoms with Crippen molar-refractivity contribution in [1.29, 1.82) is 0 Å². The van der Waals surface area contributed by atoms with Gasteiger partial charge in [-0.2, -0.15) is 0 Å². The number of hydrogen-bond donors (Lipinski definition) is 2. The van der Waals surface area contributed by atoms with E-state index in [2.05, 4.69) is 35.1 Å². The number of carbonyl (C=O) groups is 1. The Morgan fingerprint density at radius 3 is 2.82 bits per heavy atom. The van der Waals surface area contributed by atoms with Crippen molar-refractivity contribution in [3.8, 4) is 0 Å². The molecule has 1 aromatic heterocycles. The molecular weight excluding hydrogens is 278 g/mol. The van der Waals surface area contributed by atoms with Gasteiger partial charge in [0.05, 0.1) is 7.11 Å². The Morgan fingerprint density at radius 2 is 2.14 bits per heavy atom. The van der Waals surface area contributed by atoms with Crippen LogP contribution in [0.2, 0.25) is 0 Å². The van der Waals surface area contributed by atoms with Gasteiger partial charge in [-0.1, -0.05) is 6.92 Å². The summed E-state index contributed by atoms with van der Waals surface area (Å²) in [5, 5.41) is 4.59. The highest BCUT2D eigenvalue weighted by Gasteiger charge is 2.20. The van der Waals surface area contributed by atoms with Crippen molar-refractivity contribution in [3.63, 3.8) is 0 Å². The SMILES string of the molecule is CCCn1cc(CC(N)C(=O)OC)c2cc3c(cc21)CNC3. The van der Waals surface area contributed by atoms with E-state index in [-0.39, 0.29) is 5.97 Å². The van der Waals surface area contributed by atoms with E-state index >= 15 is 0 Å². The largest absolute Gasteiger partial charge is 0.468 e. The lowest BCUT2D eigenvalue weighted by Gasteiger charge is -2.08. The molecule has 0 bridgehead atoms. The number of rotatable bonds is 5. The number of carbonyl (C=O) groups excluding carboxylic acids is 1. The van der Waals surface area contributed by atoms with Crippen molar-refractivity contribution < 1.29 is 9.53 Å². The molecule has 2 aromatic rings. The van der Waals surface area contributed by atoms with Gasteiger partial charge in [0.2, 0.25) is 0 Å². The number of ether oxygens (including phenoxy) is 1. The average Bonchev–Trinajstić information content (AvgIpc) is 3.10. The summed E-state index contributed by atoms with van der Waals surface area (Å²) in [6.07, 6.45) is 3.72. The van der Waals surface area contributed by atoms with E-state index < -0.39 is 6.04 Å². The molecule has 1 aliphatic heterocycles. The Morgan fingerprint density at radius 1 is 1.41 bits per heavy atom. The molecule has 1 aromatic carbocycles. The number of hydrogen-bond acceptors (Lipinski definition) is 4. The average molecular weight is 301 g/mol. The molecule has 1 atom stereocenters. The summed E-state index contributed by atoms with van der Waals surface area (Å²) >= 11 is 0. The lowest BCUT2D eigenvalue weighted by Crippen LogP contribution is -2.33. The zero-order chi connectivity index (χ0) is 15.7. The minimum absolute atomic E-state index is 0.362. The van der Waals surface area contributed by atoms with Crippen LogP contribution >= 0.6 is 0 Å². The Kier molecular flexibility index (Phi) is 4.18. The van der Waals surface area contributed by atoms with Gasteiger partial charge in [0.25, 0.3) is 0 Å². The summed E-state index contributed by atoms with van der Waals surface area (Å²) < 4.78 is 7.01. The van der Waals surface area contributed by atoms with Gasteiger partial charge < -0.3 is 20.4 Å².